The summed E-state index contributed by atoms with van der Waals surface area (Å²) in [5.41, 5.74) is 14.3. The summed E-state index contributed by atoms with van der Waals surface area (Å²) in [6, 6.07) is 14.7. The molecule has 0 unspecified atom stereocenters. The van der Waals surface area contributed by atoms with Gasteiger partial charge in [-0.2, -0.15) is 4.98 Å². The Kier molecular flexibility index (Phi) is 5.21. The van der Waals surface area contributed by atoms with Crippen LogP contribution in [0.15, 0.2) is 48.5 Å². The number of amides is 1. The van der Waals surface area contributed by atoms with Crippen LogP contribution in [0.5, 0.6) is 11.6 Å². The number of hydrogen-bond donors (Lipinski definition) is 3. The Morgan fingerprint density at radius 3 is 2.52 bits per heavy atom. The summed E-state index contributed by atoms with van der Waals surface area (Å²) in [6.45, 7) is 3.89. The normalized spacial score (nSPS) is 10.4. The molecular formula is C20H21N5O2. The number of primary amides is 1. The molecular weight excluding hydrogens is 342 g/mol. The highest BCUT2D eigenvalue weighted by Crippen LogP contribution is 2.28. The molecule has 0 spiro atoms. The number of hydrogen-bond acceptors (Lipinski definition) is 6. The van der Waals surface area contributed by atoms with E-state index in [1.165, 1.54) is 0 Å². The zero-order valence-electron chi connectivity index (χ0n) is 15.2. The maximum atomic E-state index is 11.9. The van der Waals surface area contributed by atoms with E-state index < -0.39 is 5.91 Å². The van der Waals surface area contributed by atoms with E-state index in [1.807, 2.05) is 38.1 Å². The molecule has 0 aliphatic heterocycles. The molecule has 3 aromatic rings. The predicted molar refractivity (Wildman–Crippen MR) is 105 cm³/mol. The van der Waals surface area contributed by atoms with E-state index in [-0.39, 0.29) is 11.5 Å². The Morgan fingerprint density at radius 1 is 1.15 bits per heavy atom. The number of carbonyl (C=O) groups excluding carboxylic acids is 1. The second-order valence-corrected chi connectivity index (χ2v) is 6.06. The van der Waals surface area contributed by atoms with Crippen LogP contribution in [0.3, 0.4) is 0 Å². The molecule has 1 aromatic heterocycles. The quantitative estimate of drug-likeness (QED) is 0.577. The zero-order valence-corrected chi connectivity index (χ0v) is 15.2. The highest BCUT2D eigenvalue weighted by molar-refractivity contribution is 5.96. The highest BCUT2D eigenvalue weighted by Gasteiger charge is 2.18. The minimum atomic E-state index is -0.665. The van der Waals surface area contributed by atoms with Crippen LogP contribution < -0.4 is 21.5 Å². The van der Waals surface area contributed by atoms with E-state index in [0.29, 0.717) is 29.4 Å². The highest BCUT2D eigenvalue weighted by atomic mass is 16.5. The molecule has 0 saturated carbocycles. The Bertz CT molecular complexity index is 971. The summed E-state index contributed by atoms with van der Waals surface area (Å²) in [4.78, 5) is 20.7. The van der Waals surface area contributed by atoms with E-state index in [1.54, 1.807) is 24.3 Å². The first kappa shape index (κ1) is 18.2. The van der Waals surface area contributed by atoms with Gasteiger partial charge in [-0.15, -0.1) is 0 Å². The van der Waals surface area contributed by atoms with Crippen LogP contribution in [0.1, 0.15) is 28.7 Å². The molecule has 138 valence electrons. The molecule has 1 amide bonds. The number of nitrogen functional groups attached to an aromatic ring is 1. The van der Waals surface area contributed by atoms with Crippen molar-refractivity contribution in [2.45, 2.75) is 20.3 Å². The molecule has 2 aromatic carbocycles. The average molecular weight is 363 g/mol. The first-order valence-corrected chi connectivity index (χ1v) is 8.54. The molecule has 0 atom stereocenters. The van der Waals surface area contributed by atoms with Crippen LogP contribution in [0.4, 0.5) is 17.2 Å². The van der Waals surface area contributed by atoms with Crippen molar-refractivity contribution in [3.8, 4) is 11.6 Å². The van der Waals surface area contributed by atoms with Crippen LogP contribution in [0.25, 0.3) is 0 Å². The number of aromatic nitrogens is 2. The van der Waals surface area contributed by atoms with Gasteiger partial charge in [-0.25, -0.2) is 4.98 Å². The molecule has 0 saturated heterocycles. The van der Waals surface area contributed by atoms with Gasteiger partial charge >= 0.3 is 0 Å². The summed E-state index contributed by atoms with van der Waals surface area (Å²) in [7, 11) is 0. The number of carbonyl (C=O) groups is 1. The van der Waals surface area contributed by atoms with E-state index in [4.69, 9.17) is 16.2 Å². The number of nitrogens with zero attached hydrogens (tertiary/aromatic N) is 2. The fourth-order valence-electron chi connectivity index (χ4n) is 2.49. The first-order valence-electron chi connectivity index (χ1n) is 8.54. The van der Waals surface area contributed by atoms with Crippen molar-refractivity contribution in [2.75, 3.05) is 11.1 Å². The van der Waals surface area contributed by atoms with Crippen LogP contribution >= 0.6 is 0 Å². The van der Waals surface area contributed by atoms with Gasteiger partial charge in [0.1, 0.15) is 11.4 Å². The standard InChI is InChI=1S/C20H21N5O2/c1-3-16-20(27-15-6-4-5-13(21)11-15)25-19(17(24-16)18(22)26)23-14-9-7-12(2)8-10-14/h4-11H,3,21H2,1-2H3,(H2,22,26)(H,23,25). The number of benzene rings is 2. The maximum absolute atomic E-state index is 11.9. The second kappa shape index (κ2) is 7.74. The first-order chi connectivity index (χ1) is 13.0. The van der Waals surface area contributed by atoms with Gasteiger partial charge < -0.3 is 21.5 Å². The van der Waals surface area contributed by atoms with Gasteiger partial charge in [0, 0.05) is 17.4 Å². The van der Waals surface area contributed by atoms with E-state index in [9.17, 15) is 4.79 Å². The van der Waals surface area contributed by atoms with Crippen molar-refractivity contribution >= 4 is 23.1 Å². The van der Waals surface area contributed by atoms with Crippen molar-refractivity contribution < 1.29 is 9.53 Å². The Balaban J connectivity index is 2.02. The predicted octanol–water partition coefficient (Wildman–Crippen LogP) is 3.56. The largest absolute Gasteiger partial charge is 0.437 e. The molecule has 1 heterocycles. The fraction of sp³-hybridized carbons (Fsp3) is 0.150. The summed E-state index contributed by atoms with van der Waals surface area (Å²) < 4.78 is 5.87. The van der Waals surface area contributed by atoms with Crippen molar-refractivity contribution in [3.05, 3.63) is 65.5 Å². The SMILES string of the molecule is CCc1nc(C(N)=O)c(Nc2ccc(C)cc2)nc1Oc1cccc(N)c1. The van der Waals surface area contributed by atoms with Crippen molar-refractivity contribution in [1.29, 1.82) is 0 Å². The molecule has 0 radical (unpaired) electrons. The molecule has 0 fully saturated rings. The van der Waals surface area contributed by atoms with E-state index in [0.717, 1.165) is 11.3 Å². The molecule has 0 aliphatic carbocycles. The van der Waals surface area contributed by atoms with E-state index >= 15 is 0 Å². The average Bonchev–Trinajstić information content (AvgIpc) is 2.63. The lowest BCUT2D eigenvalue weighted by Gasteiger charge is -2.14. The smallest absolute Gasteiger partial charge is 0.271 e. The fourth-order valence-corrected chi connectivity index (χ4v) is 2.49. The van der Waals surface area contributed by atoms with Crippen LogP contribution in [-0.4, -0.2) is 15.9 Å². The van der Waals surface area contributed by atoms with Crippen molar-refractivity contribution in [2.24, 2.45) is 5.73 Å². The molecule has 27 heavy (non-hydrogen) atoms. The van der Waals surface area contributed by atoms with E-state index in [2.05, 4.69) is 15.3 Å². The number of nitrogens with two attached hydrogens (primary N) is 2. The van der Waals surface area contributed by atoms with Crippen LogP contribution in [-0.2, 0) is 6.42 Å². The summed E-state index contributed by atoms with van der Waals surface area (Å²) in [5, 5.41) is 3.09. The van der Waals surface area contributed by atoms with Gasteiger partial charge in [-0.05, 0) is 37.6 Å². The van der Waals surface area contributed by atoms with Gasteiger partial charge in [0.15, 0.2) is 11.5 Å². The summed E-state index contributed by atoms with van der Waals surface area (Å²) >= 11 is 0. The number of rotatable bonds is 6. The number of nitrogens with one attached hydrogen (secondary N) is 1. The number of aryl methyl sites for hydroxylation is 2. The molecule has 3 rings (SSSR count). The summed E-state index contributed by atoms with van der Waals surface area (Å²) in [5.74, 6) is 0.402. The lowest BCUT2D eigenvalue weighted by atomic mass is 10.2. The Hall–Kier alpha value is -3.61. The van der Waals surface area contributed by atoms with Gasteiger partial charge in [0.2, 0.25) is 5.88 Å². The third-order valence-electron chi connectivity index (χ3n) is 3.89. The van der Waals surface area contributed by atoms with Crippen LogP contribution in [0.2, 0.25) is 0 Å². The maximum Gasteiger partial charge on any atom is 0.271 e. The Morgan fingerprint density at radius 2 is 1.89 bits per heavy atom. The minimum absolute atomic E-state index is 0.0624. The topological polar surface area (TPSA) is 116 Å². The second-order valence-electron chi connectivity index (χ2n) is 6.06. The van der Waals surface area contributed by atoms with Gasteiger partial charge in [-0.1, -0.05) is 30.7 Å². The lowest BCUT2D eigenvalue weighted by Crippen LogP contribution is -2.18. The van der Waals surface area contributed by atoms with Gasteiger partial charge in [-0.3, -0.25) is 4.79 Å². The molecule has 0 bridgehead atoms. The summed E-state index contributed by atoms with van der Waals surface area (Å²) in [6.07, 6.45) is 0.524. The number of ether oxygens (including phenoxy) is 1. The van der Waals surface area contributed by atoms with Crippen LogP contribution in [0, 0.1) is 6.92 Å². The van der Waals surface area contributed by atoms with Crippen molar-refractivity contribution in [3.63, 3.8) is 0 Å². The van der Waals surface area contributed by atoms with Gasteiger partial charge in [0.25, 0.3) is 5.91 Å². The minimum Gasteiger partial charge on any atom is -0.437 e. The number of anilines is 3. The lowest BCUT2D eigenvalue weighted by molar-refractivity contribution is 0.0996. The van der Waals surface area contributed by atoms with Gasteiger partial charge in [0.05, 0.1) is 0 Å². The zero-order chi connectivity index (χ0) is 19.4. The molecule has 7 nitrogen and oxygen atoms in total. The third kappa shape index (κ3) is 4.33. The van der Waals surface area contributed by atoms with Crippen molar-refractivity contribution in [1.82, 2.24) is 9.97 Å². The monoisotopic (exact) mass is 363 g/mol. The molecule has 0 aliphatic rings. The molecule has 7 heteroatoms. The third-order valence-corrected chi connectivity index (χ3v) is 3.89. The molecule has 5 N–H and O–H groups in total. The Labute approximate surface area is 157 Å².